The van der Waals surface area contributed by atoms with Crippen LogP contribution < -0.4 is 10.6 Å². The van der Waals surface area contributed by atoms with Crippen molar-refractivity contribution in [3.8, 4) is 0 Å². The fraction of sp³-hybridized carbons (Fsp3) is 0.857. The number of amides is 2. The van der Waals surface area contributed by atoms with Crippen LogP contribution in [0.4, 0.5) is 4.79 Å². The lowest BCUT2D eigenvalue weighted by atomic mass is 9.73. The van der Waals surface area contributed by atoms with E-state index in [1.165, 1.54) is 19.3 Å². The van der Waals surface area contributed by atoms with Crippen LogP contribution in [0.15, 0.2) is 0 Å². The number of carboxylic acids is 1. The number of carboxylic acid groups (broad SMARTS) is 1. The van der Waals surface area contributed by atoms with Gasteiger partial charge in [-0.3, -0.25) is 0 Å². The maximum absolute atomic E-state index is 11.9. The highest BCUT2D eigenvalue weighted by Crippen LogP contribution is 2.34. The number of hydrogen-bond acceptors (Lipinski definition) is 2. The fourth-order valence-corrected chi connectivity index (χ4v) is 3.08. The summed E-state index contributed by atoms with van der Waals surface area (Å²) in [5, 5.41) is 15.1. The molecule has 3 N–H and O–H groups in total. The molecule has 5 heteroatoms. The first-order valence-electron chi connectivity index (χ1n) is 7.34. The molecule has 2 rings (SSSR count). The van der Waals surface area contributed by atoms with Crippen LogP contribution in [0.3, 0.4) is 0 Å². The number of rotatable bonds is 4. The smallest absolute Gasteiger partial charge is 0.329 e. The molecule has 0 aromatic carbocycles. The van der Waals surface area contributed by atoms with Crippen LogP contribution in [0, 0.1) is 11.8 Å². The third kappa shape index (κ3) is 3.01. The monoisotopic (exact) mass is 268 g/mol. The van der Waals surface area contributed by atoms with Gasteiger partial charge in [-0.05, 0) is 37.5 Å². The molecule has 0 aliphatic heterocycles. The van der Waals surface area contributed by atoms with Gasteiger partial charge in [0, 0.05) is 6.54 Å². The van der Waals surface area contributed by atoms with Gasteiger partial charge in [-0.15, -0.1) is 0 Å². The number of urea groups is 1. The second-order valence-electron chi connectivity index (χ2n) is 6.06. The van der Waals surface area contributed by atoms with Crippen LogP contribution in [0.25, 0.3) is 0 Å². The van der Waals surface area contributed by atoms with Crippen LogP contribution >= 0.6 is 0 Å². The number of hydrogen-bond donors (Lipinski definition) is 3. The average molecular weight is 268 g/mol. The Bertz CT molecular complexity index is 355. The summed E-state index contributed by atoms with van der Waals surface area (Å²) in [4.78, 5) is 23.5. The van der Waals surface area contributed by atoms with E-state index in [0.29, 0.717) is 18.9 Å². The van der Waals surface area contributed by atoms with E-state index in [0.717, 1.165) is 19.3 Å². The van der Waals surface area contributed by atoms with Gasteiger partial charge in [0.05, 0.1) is 0 Å². The zero-order valence-electron chi connectivity index (χ0n) is 11.6. The van der Waals surface area contributed by atoms with Crippen molar-refractivity contribution in [2.45, 2.75) is 57.4 Å². The molecule has 2 unspecified atom stereocenters. The van der Waals surface area contributed by atoms with Crippen molar-refractivity contribution in [2.75, 3.05) is 6.54 Å². The normalized spacial score (nSPS) is 31.3. The Labute approximate surface area is 114 Å². The third-order valence-corrected chi connectivity index (χ3v) is 4.79. The summed E-state index contributed by atoms with van der Waals surface area (Å²) in [5.74, 6) is -0.345. The summed E-state index contributed by atoms with van der Waals surface area (Å²) < 4.78 is 0. The Kier molecular flexibility index (Phi) is 4.32. The highest BCUT2D eigenvalue weighted by molar-refractivity contribution is 5.86. The molecule has 2 atom stereocenters. The van der Waals surface area contributed by atoms with Gasteiger partial charge in [0.1, 0.15) is 5.54 Å². The Hall–Kier alpha value is -1.26. The summed E-state index contributed by atoms with van der Waals surface area (Å²) >= 11 is 0. The molecule has 5 nitrogen and oxygen atoms in total. The van der Waals surface area contributed by atoms with E-state index in [9.17, 15) is 14.7 Å². The Balaban J connectivity index is 1.91. The molecule has 0 heterocycles. The number of aliphatic carboxylic acids is 1. The van der Waals surface area contributed by atoms with E-state index in [4.69, 9.17) is 0 Å². The summed E-state index contributed by atoms with van der Waals surface area (Å²) in [7, 11) is 0. The molecular weight excluding hydrogens is 244 g/mol. The molecule has 108 valence electrons. The molecule has 0 aromatic heterocycles. The Morgan fingerprint density at radius 3 is 2.47 bits per heavy atom. The van der Waals surface area contributed by atoms with E-state index >= 15 is 0 Å². The second-order valence-corrected chi connectivity index (χ2v) is 6.06. The third-order valence-electron chi connectivity index (χ3n) is 4.79. The van der Waals surface area contributed by atoms with Crippen LogP contribution in [-0.2, 0) is 4.79 Å². The van der Waals surface area contributed by atoms with Gasteiger partial charge in [-0.25, -0.2) is 9.59 Å². The topological polar surface area (TPSA) is 78.4 Å². The number of nitrogens with one attached hydrogen (secondary N) is 2. The van der Waals surface area contributed by atoms with Crippen molar-refractivity contribution in [2.24, 2.45) is 11.8 Å². The van der Waals surface area contributed by atoms with Gasteiger partial charge >= 0.3 is 12.0 Å². The second kappa shape index (κ2) is 5.80. The minimum absolute atomic E-state index is 0.0202. The molecular formula is C14H24N2O3. The van der Waals surface area contributed by atoms with E-state index < -0.39 is 11.5 Å². The van der Waals surface area contributed by atoms with Crippen molar-refractivity contribution < 1.29 is 14.7 Å². The lowest BCUT2D eigenvalue weighted by Gasteiger charge is -2.39. The fourth-order valence-electron chi connectivity index (χ4n) is 3.08. The molecule has 19 heavy (non-hydrogen) atoms. The summed E-state index contributed by atoms with van der Waals surface area (Å²) in [6, 6.07) is -0.331. The maximum atomic E-state index is 11.9. The zero-order valence-corrected chi connectivity index (χ0v) is 11.6. The predicted molar refractivity (Wildman–Crippen MR) is 71.9 cm³/mol. The number of carbonyl (C=O) groups is 2. The Morgan fingerprint density at radius 1 is 1.21 bits per heavy atom. The summed E-state index contributed by atoms with van der Waals surface area (Å²) in [6.45, 7) is 2.58. The van der Waals surface area contributed by atoms with E-state index in [-0.39, 0.29) is 11.9 Å². The highest BCUT2D eigenvalue weighted by Gasteiger charge is 2.46. The van der Waals surface area contributed by atoms with Crippen LogP contribution in [-0.4, -0.2) is 29.2 Å². The van der Waals surface area contributed by atoms with E-state index in [2.05, 4.69) is 10.6 Å². The minimum Gasteiger partial charge on any atom is -0.479 e. The van der Waals surface area contributed by atoms with E-state index in [1.54, 1.807) is 0 Å². The standard InChI is InChI=1S/C14H24N2O3/c1-10-5-2-3-8-14(10,12(17)18)16-13(19)15-9-11-6-4-7-11/h10-11H,2-9H2,1H3,(H,17,18)(H2,15,16,19). The predicted octanol–water partition coefficient (Wildman–Crippen LogP) is 2.12. The molecule has 0 radical (unpaired) electrons. The van der Waals surface area contributed by atoms with Gasteiger partial charge in [0.15, 0.2) is 0 Å². The lowest BCUT2D eigenvalue weighted by molar-refractivity contribution is -0.148. The lowest BCUT2D eigenvalue weighted by Crippen LogP contribution is -2.62. The first-order valence-corrected chi connectivity index (χ1v) is 7.34. The first kappa shape index (κ1) is 14.2. The Morgan fingerprint density at radius 2 is 1.95 bits per heavy atom. The van der Waals surface area contributed by atoms with Crippen LogP contribution in [0.5, 0.6) is 0 Å². The number of carbonyl (C=O) groups excluding carboxylic acids is 1. The van der Waals surface area contributed by atoms with Gasteiger partial charge in [-0.2, -0.15) is 0 Å². The molecule has 2 aliphatic rings. The maximum Gasteiger partial charge on any atom is 0.329 e. The van der Waals surface area contributed by atoms with Crippen molar-refractivity contribution in [1.82, 2.24) is 10.6 Å². The molecule has 2 amide bonds. The average Bonchev–Trinajstić information content (AvgIpc) is 2.30. The molecule has 0 saturated heterocycles. The molecule has 2 saturated carbocycles. The molecule has 0 bridgehead atoms. The van der Waals surface area contributed by atoms with Crippen molar-refractivity contribution in [1.29, 1.82) is 0 Å². The van der Waals surface area contributed by atoms with Gasteiger partial charge in [0.2, 0.25) is 0 Å². The van der Waals surface area contributed by atoms with Crippen LogP contribution in [0.2, 0.25) is 0 Å². The molecule has 0 spiro atoms. The zero-order chi connectivity index (χ0) is 13.9. The van der Waals surface area contributed by atoms with Crippen molar-refractivity contribution >= 4 is 12.0 Å². The molecule has 2 aliphatic carbocycles. The minimum atomic E-state index is -1.08. The quantitative estimate of drug-likeness (QED) is 0.730. The summed E-state index contributed by atoms with van der Waals surface area (Å²) in [6.07, 6.45) is 6.86. The highest BCUT2D eigenvalue weighted by atomic mass is 16.4. The van der Waals surface area contributed by atoms with Gasteiger partial charge < -0.3 is 15.7 Å². The first-order chi connectivity index (χ1) is 9.04. The molecule has 2 fully saturated rings. The summed E-state index contributed by atoms with van der Waals surface area (Å²) in [5.41, 5.74) is -1.08. The van der Waals surface area contributed by atoms with Gasteiger partial charge in [0.25, 0.3) is 0 Å². The van der Waals surface area contributed by atoms with Crippen LogP contribution in [0.1, 0.15) is 51.9 Å². The van der Waals surface area contributed by atoms with Gasteiger partial charge in [-0.1, -0.05) is 26.2 Å². The SMILES string of the molecule is CC1CCCCC1(NC(=O)NCC1CCC1)C(=O)O. The molecule has 0 aromatic rings. The largest absolute Gasteiger partial charge is 0.479 e. The van der Waals surface area contributed by atoms with Crippen molar-refractivity contribution in [3.63, 3.8) is 0 Å². The van der Waals surface area contributed by atoms with E-state index in [1.807, 2.05) is 6.92 Å². The van der Waals surface area contributed by atoms with Crippen molar-refractivity contribution in [3.05, 3.63) is 0 Å².